The van der Waals surface area contributed by atoms with Crippen LogP contribution in [0.4, 0.5) is 0 Å². The summed E-state index contributed by atoms with van der Waals surface area (Å²) in [5.74, 6) is 2.55. The second kappa shape index (κ2) is 11.2. The van der Waals surface area contributed by atoms with E-state index < -0.39 is 5.97 Å². The van der Waals surface area contributed by atoms with E-state index in [1.54, 1.807) is 26.4 Å². The second-order valence-corrected chi connectivity index (χ2v) is 7.79. The molecular weight excluding hydrogens is 446 g/mol. The molecule has 7 heteroatoms. The highest BCUT2D eigenvalue weighted by atomic mass is 16.6. The molecule has 0 fully saturated rings. The van der Waals surface area contributed by atoms with Crippen LogP contribution in [0.2, 0.25) is 0 Å². The fourth-order valence-electron chi connectivity index (χ4n) is 3.49. The van der Waals surface area contributed by atoms with Crippen LogP contribution < -0.4 is 18.9 Å². The molecular formula is C28H27NO6. The Morgan fingerprint density at radius 1 is 0.857 bits per heavy atom. The van der Waals surface area contributed by atoms with Crippen LogP contribution in [0.3, 0.4) is 0 Å². The molecule has 0 aliphatic carbocycles. The molecule has 1 aliphatic rings. The van der Waals surface area contributed by atoms with Crippen molar-refractivity contribution in [2.24, 2.45) is 4.99 Å². The van der Waals surface area contributed by atoms with Crippen molar-refractivity contribution in [3.8, 4) is 23.0 Å². The molecule has 35 heavy (non-hydrogen) atoms. The van der Waals surface area contributed by atoms with Crippen molar-refractivity contribution < 1.29 is 28.5 Å². The molecule has 0 saturated carbocycles. The average Bonchev–Trinajstić information content (AvgIpc) is 3.24. The van der Waals surface area contributed by atoms with E-state index in [4.69, 9.17) is 23.7 Å². The maximum absolute atomic E-state index is 12.4. The molecule has 0 bridgehead atoms. The number of hydrogen-bond acceptors (Lipinski definition) is 7. The van der Waals surface area contributed by atoms with Gasteiger partial charge in [0.2, 0.25) is 5.90 Å². The van der Waals surface area contributed by atoms with Crippen LogP contribution in [-0.2, 0) is 9.53 Å². The van der Waals surface area contributed by atoms with Gasteiger partial charge in [0.1, 0.15) is 11.5 Å². The fraction of sp³-hybridized carbons (Fsp3) is 0.214. The number of esters is 1. The molecule has 0 atom stereocenters. The SMILES string of the molecule is COc1ccc(OCCCOc2ccc(C=C3N=C(c4ccccc4C)OC3=O)cc2OC)cc1. The van der Waals surface area contributed by atoms with Crippen LogP contribution in [-0.4, -0.2) is 39.3 Å². The monoisotopic (exact) mass is 473 g/mol. The van der Waals surface area contributed by atoms with Crippen LogP contribution in [0.1, 0.15) is 23.1 Å². The Morgan fingerprint density at radius 3 is 2.34 bits per heavy atom. The quantitative estimate of drug-likeness (QED) is 0.229. The molecule has 1 aliphatic heterocycles. The summed E-state index contributed by atoms with van der Waals surface area (Å²) < 4.78 is 27.6. The van der Waals surface area contributed by atoms with Gasteiger partial charge in [-0.2, -0.15) is 0 Å². The minimum Gasteiger partial charge on any atom is -0.497 e. The summed E-state index contributed by atoms with van der Waals surface area (Å²) in [6, 6.07) is 20.5. The Hall–Kier alpha value is -4.26. The first-order valence-electron chi connectivity index (χ1n) is 11.2. The number of methoxy groups -OCH3 is 2. The highest BCUT2D eigenvalue weighted by Gasteiger charge is 2.25. The number of aliphatic imine (C=N–C) groups is 1. The van der Waals surface area contributed by atoms with Gasteiger partial charge in [-0.1, -0.05) is 24.3 Å². The number of rotatable bonds is 10. The van der Waals surface area contributed by atoms with E-state index in [2.05, 4.69) is 4.99 Å². The normalized spacial score (nSPS) is 13.9. The first-order chi connectivity index (χ1) is 17.1. The molecule has 0 spiro atoms. The minimum atomic E-state index is -0.487. The molecule has 0 amide bonds. The highest BCUT2D eigenvalue weighted by Crippen LogP contribution is 2.30. The molecule has 7 nitrogen and oxygen atoms in total. The summed E-state index contributed by atoms with van der Waals surface area (Å²) >= 11 is 0. The zero-order valence-corrected chi connectivity index (χ0v) is 19.9. The van der Waals surface area contributed by atoms with Gasteiger partial charge in [-0.15, -0.1) is 0 Å². The predicted molar refractivity (Wildman–Crippen MR) is 133 cm³/mol. The summed E-state index contributed by atoms with van der Waals surface area (Å²) in [7, 11) is 3.20. The van der Waals surface area contributed by atoms with Gasteiger partial charge >= 0.3 is 5.97 Å². The summed E-state index contributed by atoms with van der Waals surface area (Å²) in [4.78, 5) is 16.7. The lowest BCUT2D eigenvalue weighted by atomic mass is 10.1. The Bertz CT molecular complexity index is 1250. The Kier molecular flexibility index (Phi) is 7.67. The molecule has 1 heterocycles. The van der Waals surface area contributed by atoms with E-state index in [-0.39, 0.29) is 5.70 Å². The van der Waals surface area contributed by atoms with E-state index in [1.807, 2.05) is 67.6 Å². The number of ether oxygens (including phenoxy) is 5. The molecule has 0 unspecified atom stereocenters. The predicted octanol–water partition coefficient (Wildman–Crippen LogP) is 5.20. The Balaban J connectivity index is 1.36. The number of carbonyl (C=O) groups is 1. The van der Waals surface area contributed by atoms with Gasteiger partial charge in [-0.05, 0) is 66.6 Å². The lowest BCUT2D eigenvalue weighted by Crippen LogP contribution is -2.06. The number of carbonyl (C=O) groups excluding carboxylic acids is 1. The molecule has 0 saturated heterocycles. The third-order valence-electron chi connectivity index (χ3n) is 5.36. The Labute approximate surface area is 204 Å². The van der Waals surface area contributed by atoms with E-state index >= 15 is 0 Å². The van der Waals surface area contributed by atoms with Gasteiger partial charge in [-0.3, -0.25) is 0 Å². The standard InChI is InChI=1S/C28H27NO6/c1-19-7-4-5-8-23(19)27-29-24(28(30)35-27)17-20-9-14-25(26(18-20)32-3)34-16-6-15-33-22-12-10-21(31-2)11-13-22/h4-5,7-14,17-18H,6,15-16H2,1-3H3. The van der Waals surface area contributed by atoms with Crippen molar-refractivity contribution in [2.75, 3.05) is 27.4 Å². The van der Waals surface area contributed by atoms with Gasteiger partial charge in [0.15, 0.2) is 17.2 Å². The van der Waals surface area contributed by atoms with Crippen molar-refractivity contribution in [2.45, 2.75) is 13.3 Å². The van der Waals surface area contributed by atoms with Crippen molar-refractivity contribution in [1.29, 1.82) is 0 Å². The van der Waals surface area contributed by atoms with Gasteiger partial charge in [0, 0.05) is 12.0 Å². The molecule has 0 N–H and O–H groups in total. The molecule has 0 aromatic heterocycles. The highest BCUT2D eigenvalue weighted by molar-refractivity contribution is 6.13. The van der Waals surface area contributed by atoms with Crippen LogP contribution in [0, 0.1) is 6.92 Å². The van der Waals surface area contributed by atoms with Gasteiger partial charge in [0.05, 0.1) is 27.4 Å². The zero-order chi connectivity index (χ0) is 24.6. The van der Waals surface area contributed by atoms with E-state index in [0.29, 0.717) is 37.0 Å². The van der Waals surface area contributed by atoms with Crippen LogP contribution in [0.25, 0.3) is 6.08 Å². The maximum Gasteiger partial charge on any atom is 0.363 e. The summed E-state index contributed by atoms with van der Waals surface area (Å²) in [6.45, 7) is 2.92. The van der Waals surface area contributed by atoms with Gasteiger partial charge in [-0.25, -0.2) is 9.79 Å². The summed E-state index contributed by atoms with van der Waals surface area (Å²) in [5, 5.41) is 0. The summed E-state index contributed by atoms with van der Waals surface area (Å²) in [6.07, 6.45) is 2.37. The molecule has 180 valence electrons. The number of aryl methyl sites for hydroxylation is 1. The van der Waals surface area contributed by atoms with Crippen LogP contribution in [0.15, 0.2) is 77.4 Å². The lowest BCUT2D eigenvalue weighted by molar-refractivity contribution is -0.129. The number of nitrogens with zero attached hydrogens (tertiary/aromatic N) is 1. The number of hydrogen-bond donors (Lipinski definition) is 0. The van der Waals surface area contributed by atoms with Crippen LogP contribution in [0.5, 0.6) is 23.0 Å². The van der Waals surface area contributed by atoms with E-state index in [1.165, 1.54) is 0 Å². The molecule has 3 aromatic carbocycles. The summed E-state index contributed by atoms with van der Waals surface area (Å²) in [5.41, 5.74) is 2.76. The van der Waals surface area contributed by atoms with Crippen molar-refractivity contribution in [1.82, 2.24) is 0 Å². The number of cyclic esters (lactones) is 1. The third kappa shape index (κ3) is 6.00. The minimum absolute atomic E-state index is 0.231. The second-order valence-electron chi connectivity index (χ2n) is 7.79. The number of benzene rings is 3. The smallest absolute Gasteiger partial charge is 0.363 e. The largest absolute Gasteiger partial charge is 0.497 e. The van der Waals surface area contributed by atoms with E-state index in [9.17, 15) is 4.79 Å². The molecule has 4 rings (SSSR count). The van der Waals surface area contributed by atoms with Crippen molar-refractivity contribution in [3.05, 3.63) is 89.1 Å². The molecule has 0 radical (unpaired) electrons. The maximum atomic E-state index is 12.4. The van der Waals surface area contributed by atoms with Gasteiger partial charge in [0.25, 0.3) is 0 Å². The molecule has 3 aromatic rings. The first-order valence-corrected chi connectivity index (χ1v) is 11.2. The third-order valence-corrected chi connectivity index (χ3v) is 5.36. The zero-order valence-electron chi connectivity index (χ0n) is 19.9. The van der Waals surface area contributed by atoms with Crippen LogP contribution >= 0.6 is 0 Å². The van der Waals surface area contributed by atoms with Gasteiger partial charge < -0.3 is 23.7 Å². The van der Waals surface area contributed by atoms with Crippen molar-refractivity contribution in [3.63, 3.8) is 0 Å². The van der Waals surface area contributed by atoms with Crippen molar-refractivity contribution >= 4 is 17.9 Å². The first kappa shape index (κ1) is 23.9. The Morgan fingerprint density at radius 2 is 1.60 bits per heavy atom. The average molecular weight is 474 g/mol. The topological polar surface area (TPSA) is 75.6 Å². The van der Waals surface area contributed by atoms with E-state index in [0.717, 1.165) is 28.2 Å². The lowest BCUT2D eigenvalue weighted by Gasteiger charge is -2.12. The fourth-order valence-corrected chi connectivity index (χ4v) is 3.49.